The van der Waals surface area contributed by atoms with Crippen LogP contribution in [0.2, 0.25) is 0 Å². The van der Waals surface area contributed by atoms with Crippen LogP contribution in [0.15, 0.2) is 91.0 Å². The molecular formula is C27H21N. The van der Waals surface area contributed by atoms with Gasteiger partial charge < -0.3 is 5.32 Å². The van der Waals surface area contributed by atoms with Crippen molar-refractivity contribution in [2.24, 2.45) is 5.92 Å². The molecule has 4 aromatic rings. The summed E-state index contributed by atoms with van der Waals surface area (Å²) in [6, 6.07) is 33.3. The Morgan fingerprint density at radius 1 is 0.714 bits per heavy atom. The lowest BCUT2D eigenvalue weighted by Crippen LogP contribution is -2.30. The van der Waals surface area contributed by atoms with E-state index < -0.39 is 0 Å². The van der Waals surface area contributed by atoms with Crippen molar-refractivity contribution in [1.29, 1.82) is 0 Å². The summed E-state index contributed by atoms with van der Waals surface area (Å²) >= 11 is 0. The number of hydrogen-bond donors (Lipinski definition) is 1. The second kappa shape index (κ2) is 6.10. The van der Waals surface area contributed by atoms with E-state index in [1.165, 1.54) is 44.3 Å². The van der Waals surface area contributed by atoms with Crippen molar-refractivity contribution in [3.8, 4) is 0 Å². The number of hydrogen-bond acceptors (Lipinski definition) is 1. The first-order chi connectivity index (χ1) is 13.9. The minimum absolute atomic E-state index is 0.287. The normalized spacial score (nSPS) is 19.8. The highest BCUT2D eigenvalue weighted by Gasteiger charge is 2.36. The maximum Gasteiger partial charge on any atom is 0.0586 e. The zero-order valence-corrected chi connectivity index (χ0v) is 15.6. The first-order valence-electron chi connectivity index (χ1n) is 10.0. The molecule has 0 aromatic heterocycles. The Morgan fingerprint density at radius 2 is 1.50 bits per heavy atom. The van der Waals surface area contributed by atoms with Gasteiger partial charge in [0.2, 0.25) is 0 Å². The molecule has 1 aliphatic heterocycles. The van der Waals surface area contributed by atoms with Crippen molar-refractivity contribution in [3.05, 3.63) is 113 Å². The van der Waals surface area contributed by atoms with E-state index in [4.69, 9.17) is 0 Å². The lowest BCUT2D eigenvalue weighted by Gasteiger charge is -2.40. The smallest absolute Gasteiger partial charge is 0.0586 e. The molecule has 1 nitrogen and oxygen atoms in total. The fraction of sp³-hybridized carbons (Fsp3) is 0.111. The average molecular weight is 359 g/mol. The number of nitrogens with one attached hydrogen (secondary N) is 1. The molecule has 0 amide bonds. The van der Waals surface area contributed by atoms with Gasteiger partial charge in [0.05, 0.1) is 6.04 Å². The Hall–Kier alpha value is -3.32. The predicted octanol–water partition coefficient (Wildman–Crippen LogP) is 6.72. The second-order valence-corrected chi connectivity index (χ2v) is 7.85. The third kappa shape index (κ3) is 2.33. The molecule has 1 heterocycles. The number of fused-ring (bicyclic) bond motifs is 6. The van der Waals surface area contributed by atoms with Gasteiger partial charge in [-0.1, -0.05) is 91.0 Å². The van der Waals surface area contributed by atoms with E-state index in [-0.39, 0.29) is 6.04 Å². The van der Waals surface area contributed by atoms with E-state index in [0.717, 1.165) is 6.42 Å². The molecule has 0 saturated carbocycles. The van der Waals surface area contributed by atoms with Gasteiger partial charge in [-0.3, -0.25) is 0 Å². The molecule has 0 bridgehead atoms. The lowest BCUT2D eigenvalue weighted by atomic mass is 9.71. The highest BCUT2D eigenvalue weighted by molar-refractivity contribution is 6.05. The van der Waals surface area contributed by atoms with Crippen molar-refractivity contribution in [3.63, 3.8) is 0 Å². The standard InChI is InChI=1S/C27H21N/c1-2-9-19(10-3-1)27-24-17-21-12-5-4-11-20(21)16-23(24)26-22-13-7-6-8-18(22)14-15-25(26)28-27/h1-16,24,27-28H,17H2. The summed E-state index contributed by atoms with van der Waals surface area (Å²) in [6.07, 6.45) is 3.50. The van der Waals surface area contributed by atoms with Gasteiger partial charge >= 0.3 is 0 Å². The molecule has 2 unspecified atom stereocenters. The first kappa shape index (κ1) is 15.7. The maximum atomic E-state index is 3.89. The number of rotatable bonds is 1. The Kier molecular flexibility index (Phi) is 3.42. The molecule has 1 N–H and O–H groups in total. The SMILES string of the molecule is C1=C2c3c(ccc4ccccc34)NC(c3ccccc3)C2Cc2ccccc21. The third-order valence-electron chi connectivity index (χ3n) is 6.30. The predicted molar refractivity (Wildman–Crippen MR) is 118 cm³/mol. The highest BCUT2D eigenvalue weighted by atomic mass is 14.9. The molecule has 0 fully saturated rings. The zero-order chi connectivity index (χ0) is 18.5. The van der Waals surface area contributed by atoms with Gasteiger partial charge in [0.25, 0.3) is 0 Å². The van der Waals surface area contributed by atoms with Crippen molar-refractivity contribution in [2.75, 3.05) is 5.32 Å². The van der Waals surface area contributed by atoms with Crippen molar-refractivity contribution < 1.29 is 0 Å². The van der Waals surface area contributed by atoms with Gasteiger partial charge in [-0.2, -0.15) is 0 Å². The summed E-state index contributed by atoms with van der Waals surface area (Å²) in [5.74, 6) is 0.426. The molecule has 134 valence electrons. The van der Waals surface area contributed by atoms with Crippen LogP contribution < -0.4 is 5.32 Å². The van der Waals surface area contributed by atoms with E-state index in [1.54, 1.807) is 0 Å². The minimum atomic E-state index is 0.287. The van der Waals surface area contributed by atoms with E-state index in [1.807, 2.05) is 0 Å². The van der Waals surface area contributed by atoms with E-state index in [2.05, 4.69) is 102 Å². The van der Waals surface area contributed by atoms with Gasteiger partial charge in [0.1, 0.15) is 0 Å². The van der Waals surface area contributed by atoms with Crippen molar-refractivity contribution in [1.82, 2.24) is 0 Å². The van der Waals surface area contributed by atoms with E-state index in [9.17, 15) is 0 Å². The van der Waals surface area contributed by atoms with Gasteiger partial charge in [-0.25, -0.2) is 0 Å². The minimum Gasteiger partial charge on any atom is -0.377 e. The summed E-state index contributed by atoms with van der Waals surface area (Å²) < 4.78 is 0. The summed E-state index contributed by atoms with van der Waals surface area (Å²) in [5.41, 5.74) is 8.26. The topological polar surface area (TPSA) is 12.0 Å². The quantitative estimate of drug-likeness (QED) is 0.398. The Bertz CT molecular complexity index is 1220. The van der Waals surface area contributed by atoms with Crippen LogP contribution in [0.25, 0.3) is 22.4 Å². The van der Waals surface area contributed by atoms with Crippen LogP contribution in [0.1, 0.15) is 28.3 Å². The van der Waals surface area contributed by atoms with Crippen molar-refractivity contribution >= 4 is 28.1 Å². The molecule has 2 aliphatic rings. The molecule has 28 heavy (non-hydrogen) atoms. The Labute approximate surface area is 165 Å². The van der Waals surface area contributed by atoms with Gasteiger partial charge in [0.15, 0.2) is 0 Å². The highest BCUT2D eigenvalue weighted by Crippen LogP contribution is 2.50. The molecule has 4 aromatic carbocycles. The summed E-state index contributed by atoms with van der Waals surface area (Å²) in [5, 5.41) is 6.54. The Morgan fingerprint density at radius 3 is 2.43 bits per heavy atom. The van der Waals surface area contributed by atoms with Crippen LogP contribution in [0, 0.1) is 5.92 Å². The summed E-state index contributed by atoms with van der Waals surface area (Å²) in [4.78, 5) is 0. The maximum absolute atomic E-state index is 3.89. The first-order valence-corrected chi connectivity index (χ1v) is 10.0. The molecule has 1 heteroatoms. The van der Waals surface area contributed by atoms with Crippen LogP contribution in [-0.4, -0.2) is 0 Å². The molecule has 6 rings (SSSR count). The third-order valence-corrected chi connectivity index (χ3v) is 6.30. The van der Waals surface area contributed by atoms with Gasteiger partial charge in [-0.15, -0.1) is 0 Å². The molecule has 1 aliphatic carbocycles. The molecule has 0 radical (unpaired) electrons. The van der Waals surface area contributed by atoms with Crippen LogP contribution in [0.4, 0.5) is 5.69 Å². The van der Waals surface area contributed by atoms with Crippen LogP contribution in [-0.2, 0) is 6.42 Å². The molecule has 2 atom stereocenters. The number of benzene rings is 4. The molecular weight excluding hydrogens is 338 g/mol. The fourth-order valence-electron chi connectivity index (χ4n) is 4.98. The van der Waals surface area contributed by atoms with Crippen molar-refractivity contribution in [2.45, 2.75) is 12.5 Å². The average Bonchev–Trinajstić information content (AvgIpc) is 2.77. The monoisotopic (exact) mass is 359 g/mol. The lowest BCUT2D eigenvalue weighted by molar-refractivity contribution is 0.554. The van der Waals surface area contributed by atoms with E-state index in [0.29, 0.717) is 5.92 Å². The van der Waals surface area contributed by atoms with Crippen LogP contribution in [0.3, 0.4) is 0 Å². The van der Waals surface area contributed by atoms with Gasteiger partial charge in [0, 0.05) is 17.2 Å². The summed E-state index contributed by atoms with van der Waals surface area (Å²) in [6.45, 7) is 0. The molecule has 0 spiro atoms. The second-order valence-electron chi connectivity index (χ2n) is 7.85. The largest absolute Gasteiger partial charge is 0.377 e. The van der Waals surface area contributed by atoms with Crippen LogP contribution in [0.5, 0.6) is 0 Å². The fourth-order valence-corrected chi connectivity index (χ4v) is 4.98. The van der Waals surface area contributed by atoms with E-state index >= 15 is 0 Å². The number of anilines is 1. The molecule has 0 saturated heterocycles. The summed E-state index contributed by atoms with van der Waals surface area (Å²) in [7, 11) is 0. The zero-order valence-electron chi connectivity index (χ0n) is 15.6. The Balaban J connectivity index is 1.64. The van der Waals surface area contributed by atoms with Crippen LogP contribution >= 0.6 is 0 Å². The van der Waals surface area contributed by atoms with Gasteiger partial charge in [-0.05, 0) is 45.5 Å².